The Morgan fingerprint density at radius 1 is 0.457 bits per heavy atom. The zero-order valence-electron chi connectivity index (χ0n) is 19.5. The van der Waals surface area contributed by atoms with E-state index in [1.807, 2.05) is 11.8 Å². The number of aryl methyl sites for hydroxylation is 1. The Hall–Kier alpha value is -3.75. The summed E-state index contributed by atoms with van der Waals surface area (Å²) in [5.74, 6) is 0.974. The van der Waals surface area contributed by atoms with Gasteiger partial charge in [-0.15, -0.1) is 11.8 Å². The Morgan fingerprint density at radius 3 is 1.26 bits per heavy atom. The summed E-state index contributed by atoms with van der Waals surface area (Å²) in [5.41, 5.74) is 6.54. The van der Waals surface area contributed by atoms with Crippen molar-refractivity contribution in [1.82, 2.24) is 4.57 Å². The van der Waals surface area contributed by atoms with Gasteiger partial charge in [-0.2, -0.15) is 0 Å². The number of hydrogen-bond donors (Lipinski definition) is 0. The quantitative estimate of drug-likeness (QED) is 0.212. The van der Waals surface area contributed by atoms with Crippen LogP contribution in [0.15, 0.2) is 140 Å². The number of hydrogen-bond acceptors (Lipinski definition) is 1. The van der Waals surface area contributed by atoms with E-state index in [0.29, 0.717) is 0 Å². The van der Waals surface area contributed by atoms with Crippen LogP contribution in [-0.4, -0.2) is 10.3 Å². The topological polar surface area (TPSA) is 4.93 Å². The Labute approximate surface area is 211 Å². The Bertz CT molecular complexity index is 1400. The van der Waals surface area contributed by atoms with Gasteiger partial charge in [0, 0.05) is 34.1 Å². The molecule has 0 amide bonds. The highest BCUT2D eigenvalue weighted by Gasteiger charge is 2.36. The van der Waals surface area contributed by atoms with E-state index in [9.17, 15) is 0 Å². The van der Waals surface area contributed by atoms with Crippen molar-refractivity contribution >= 4 is 33.6 Å². The second kappa shape index (κ2) is 9.48. The molecule has 5 aromatic carbocycles. The van der Waals surface area contributed by atoms with Gasteiger partial charge >= 0.3 is 0 Å². The fourth-order valence-electron chi connectivity index (χ4n) is 5.30. The molecule has 0 bridgehead atoms. The number of rotatable bonds is 7. The molecule has 0 aliphatic heterocycles. The first-order valence-electron chi connectivity index (χ1n) is 12.1. The first-order chi connectivity index (χ1) is 17.4. The van der Waals surface area contributed by atoms with Gasteiger partial charge in [-0.1, -0.05) is 127 Å². The van der Waals surface area contributed by atoms with E-state index in [1.54, 1.807) is 0 Å². The highest BCUT2D eigenvalue weighted by Crippen LogP contribution is 2.48. The lowest BCUT2D eigenvalue weighted by atomic mass is 9.84. The van der Waals surface area contributed by atoms with Crippen LogP contribution in [0, 0.1) is 0 Å². The van der Waals surface area contributed by atoms with Gasteiger partial charge in [0.25, 0.3) is 0 Å². The Kier molecular flexibility index (Phi) is 5.89. The van der Waals surface area contributed by atoms with Crippen molar-refractivity contribution < 1.29 is 0 Å². The summed E-state index contributed by atoms with van der Waals surface area (Å²) in [5, 5.41) is 2.65. The second-order valence-electron chi connectivity index (χ2n) is 8.81. The smallest absolute Gasteiger partial charge is 0.0907 e. The maximum Gasteiger partial charge on any atom is 0.0907 e. The third-order valence-electron chi connectivity index (χ3n) is 6.85. The van der Waals surface area contributed by atoms with Gasteiger partial charge in [-0.25, -0.2) is 0 Å². The first kappa shape index (κ1) is 21.8. The number of benzene rings is 5. The number of nitrogens with zero attached hydrogens (tertiary/aromatic N) is 1. The molecule has 0 aliphatic carbocycles. The predicted molar refractivity (Wildman–Crippen MR) is 151 cm³/mol. The van der Waals surface area contributed by atoms with Crippen LogP contribution in [0.1, 0.15) is 16.7 Å². The summed E-state index contributed by atoms with van der Waals surface area (Å²) in [6, 6.07) is 50.4. The van der Waals surface area contributed by atoms with Crippen molar-refractivity contribution in [3.8, 4) is 0 Å². The van der Waals surface area contributed by atoms with Gasteiger partial charge in [-0.3, -0.25) is 0 Å². The maximum absolute atomic E-state index is 2.49. The number of para-hydroxylation sites is 2. The summed E-state index contributed by atoms with van der Waals surface area (Å²) in [7, 11) is 0. The molecule has 0 fully saturated rings. The Balaban J connectivity index is 1.45. The highest BCUT2D eigenvalue weighted by atomic mass is 32.2. The fraction of sp³-hybridized carbons (Fsp3) is 0.0909. The molecular weight excluding hydrogens is 442 g/mol. The monoisotopic (exact) mass is 469 g/mol. The van der Waals surface area contributed by atoms with Crippen molar-refractivity contribution in [3.63, 3.8) is 0 Å². The zero-order chi connectivity index (χ0) is 23.5. The molecule has 0 unspecified atom stereocenters. The van der Waals surface area contributed by atoms with Crippen molar-refractivity contribution in [2.24, 2.45) is 0 Å². The molecule has 1 heterocycles. The average Bonchev–Trinajstić information content (AvgIpc) is 3.26. The lowest BCUT2D eigenvalue weighted by Gasteiger charge is -2.35. The van der Waals surface area contributed by atoms with Gasteiger partial charge in [0.2, 0.25) is 0 Å². The minimum absolute atomic E-state index is 0.289. The van der Waals surface area contributed by atoms with Gasteiger partial charge in [0.05, 0.1) is 4.75 Å². The van der Waals surface area contributed by atoms with E-state index in [-0.39, 0.29) is 4.75 Å². The van der Waals surface area contributed by atoms with Crippen LogP contribution in [0.5, 0.6) is 0 Å². The van der Waals surface area contributed by atoms with Gasteiger partial charge in [0.15, 0.2) is 0 Å². The molecule has 1 nitrogen and oxygen atoms in total. The summed E-state index contributed by atoms with van der Waals surface area (Å²) in [6.45, 7) is 0.937. The summed E-state index contributed by atoms with van der Waals surface area (Å²) < 4.78 is 2.20. The van der Waals surface area contributed by atoms with Crippen molar-refractivity contribution in [2.45, 2.75) is 11.3 Å². The Morgan fingerprint density at radius 2 is 0.829 bits per heavy atom. The minimum atomic E-state index is -0.289. The number of thioether (sulfide) groups is 1. The number of fused-ring (bicyclic) bond motifs is 3. The van der Waals surface area contributed by atoms with Crippen LogP contribution in [0.3, 0.4) is 0 Å². The molecule has 0 saturated heterocycles. The molecule has 0 saturated carbocycles. The van der Waals surface area contributed by atoms with Crippen LogP contribution < -0.4 is 0 Å². The van der Waals surface area contributed by atoms with E-state index in [1.165, 1.54) is 38.5 Å². The molecule has 0 spiro atoms. The third kappa shape index (κ3) is 3.84. The summed E-state index contributed by atoms with van der Waals surface area (Å²) >= 11 is 2.02. The minimum Gasteiger partial charge on any atom is -0.340 e. The van der Waals surface area contributed by atoms with Crippen LogP contribution in [-0.2, 0) is 11.3 Å². The molecule has 0 atom stereocenters. The molecule has 1 aromatic heterocycles. The van der Waals surface area contributed by atoms with E-state index in [0.717, 1.165) is 12.3 Å². The molecule has 35 heavy (non-hydrogen) atoms. The predicted octanol–water partition coefficient (Wildman–Crippen LogP) is 8.52. The molecule has 6 rings (SSSR count). The van der Waals surface area contributed by atoms with E-state index in [4.69, 9.17) is 0 Å². The maximum atomic E-state index is 2.49. The molecule has 0 N–H and O–H groups in total. The lowest BCUT2D eigenvalue weighted by Crippen LogP contribution is -2.26. The fourth-order valence-corrected chi connectivity index (χ4v) is 6.79. The largest absolute Gasteiger partial charge is 0.340 e. The van der Waals surface area contributed by atoms with E-state index in [2.05, 4.69) is 144 Å². The van der Waals surface area contributed by atoms with Crippen LogP contribution in [0.2, 0.25) is 0 Å². The highest BCUT2D eigenvalue weighted by molar-refractivity contribution is 8.00. The molecule has 0 aliphatic rings. The van der Waals surface area contributed by atoms with Gasteiger partial charge < -0.3 is 4.57 Å². The first-order valence-corrected chi connectivity index (χ1v) is 13.1. The van der Waals surface area contributed by atoms with Crippen molar-refractivity contribution in [3.05, 3.63) is 156 Å². The van der Waals surface area contributed by atoms with Crippen LogP contribution >= 0.6 is 11.8 Å². The van der Waals surface area contributed by atoms with E-state index < -0.39 is 0 Å². The average molecular weight is 470 g/mol. The van der Waals surface area contributed by atoms with Crippen molar-refractivity contribution in [2.75, 3.05) is 5.75 Å². The standard InChI is InChI=1S/C33H27NS/c1-4-14-26(15-5-1)33(27-16-6-2-7-17-27,28-18-8-3-9-19-28)35-25-24-34-31-22-12-10-20-29(31)30-21-11-13-23-32(30)34/h1-23H,24-25H2. The summed E-state index contributed by atoms with van der Waals surface area (Å²) in [4.78, 5) is 0. The third-order valence-corrected chi connectivity index (χ3v) is 8.38. The van der Waals surface area contributed by atoms with Gasteiger partial charge in [0.1, 0.15) is 0 Å². The number of aromatic nitrogens is 1. The normalized spacial score (nSPS) is 11.8. The molecule has 0 radical (unpaired) electrons. The van der Waals surface area contributed by atoms with Crippen molar-refractivity contribution in [1.29, 1.82) is 0 Å². The second-order valence-corrected chi connectivity index (χ2v) is 10.1. The van der Waals surface area contributed by atoms with E-state index >= 15 is 0 Å². The molecule has 170 valence electrons. The molecule has 2 heteroatoms. The lowest BCUT2D eigenvalue weighted by molar-refractivity contribution is 0.823. The SMILES string of the molecule is c1ccc(C(SCCn2c3ccccc3c3ccccc32)(c2ccccc2)c2ccccc2)cc1. The summed E-state index contributed by atoms with van der Waals surface area (Å²) in [6.07, 6.45) is 0. The molecular formula is C33H27NS. The zero-order valence-corrected chi connectivity index (χ0v) is 20.4. The van der Waals surface area contributed by atoms with Crippen LogP contribution in [0.4, 0.5) is 0 Å². The van der Waals surface area contributed by atoms with Crippen LogP contribution in [0.25, 0.3) is 21.8 Å². The molecule has 6 aromatic rings. The van der Waals surface area contributed by atoms with Gasteiger partial charge in [-0.05, 0) is 28.8 Å².